The van der Waals surface area contributed by atoms with E-state index in [0.29, 0.717) is 17.5 Å². The summed E-state index contributed by atoms with van der Waals surface area (Å²) in [6.07, 6.45) is 0. The summed E-state index contributed by atoms with van der Waals surface area (Å²) in [6.45, 7) is 7.94. The highest BCUT2D eigenvalue weighted by Crippen LogP contribution is 2.27. The van der Waals surface area contributed by atoms with E-state index in [0.717, 1.165) is 16.9 Å². The third kappa shape index (κ3) is 3.02. The van der Waals surface area contributed by atoms with E-state index in [2.05, 4.69) is 9.97 Å². The zero-order valence-corrected chi connectivity index (χ0v) is 11.8. The summed E-state index contributed by atoms with van der Waals surface area (Å²) in [5.41, 5.74) is 7.82. The summed E-state index contributed by atoms with van der Waals surface area (Å²) in [5.74, 6) is 2.67. The minimum atomic E-state index is 0.211. The number of nitrogens with zero attached hydrogens (tertiary/aromatic N) is 2. The maximum absolute atomic E-state index is 5.91. The Hall–Kier alpha value is -2.10. The Kier molecular flexibility index (Phi) is 3.69. The van der Waals surface area contributed by atoms with Crippen LogP contribution in [-0.2, 0) is 0 Å². The zero-order valence-electron chi connectivity index (χ0n) is 11.8. The van der Waals surface area contributed by atoms with Gasteiger partial charge in [0, 0.05) is 5.92 Å². The number of nitrogen functional groups attached to an aromatic ring is 1. The van der Waals surface area contributed by atoms with Gasteiger partial charge in [-0.3, -0.25) is 0 Å². The third-order valence-electron chi connectivity index (χ3n) is 2.88. The van der Waals surface area contributed by atoms with Crippen LogP contribution < -0.4 is 10.5 Å². The second kappa shape index (κ2) is 5.26. The van der Waals surface area contributed by atoms with Crippen molar-refractivity contribution in [2.75, 3.05) is 5.73 Å². The van der Waals surface area contributed by atoms with Gasteiger partial charge >= 0.3 is 0 Å². The molecule has 1 aromatic heterocycles. The quantitative estimate of drug-likeness (QED) is 0.912. The van der Waals surface area contributed by atoms with E-state index in [1.54, 1.807) is 0 Å². The Morgan fingerprint density at radius 2 is 1.89 bits per heavy atom. The third-order valence-corrected chi connectivity index (χ3v) is 2.88. The van der Waals surface area contributed by atoms with Crippen molar-refractivity contribution in [1.29, 1.82) is 0 Å². The highest BCUT2D eigenvalue weighted by Gasteiger charge is 2.13. The van der Waals surface area contributed by atoms with Crippen molar-refractivity contribution in [3.63, 3.8) is 0 Å². The standard InChI is InChI=1S/C15H19N3O/c1-9(2)14-17-13(16)11(4)15(18-14)19-12-7-5-6-10(3)8-12/h5-9H,1-4H3,(H2,16,17,18). The lowest BCUT2D eigenvalue weighted by Gasteiger charge is -2.12. The number of nitrogens with two attached hydrogens (primary N) is 1. The van der Waals surface area contributed by atoms with Gasteiger partial charge in [-0.05, 0) is 31.5 Å². The fourth-order valence-corrected chi connectivity index (χ4v) is 1.68. The van der Waals surface area contributed by atoms with Gasteiger partial charge in [-0.15, -0.1) is 0 Å². The summed E-state index contributed by atoms with van der Waals surface area (Å²) in [4.78, 5) is 8.72. The molecule has 4 heteroatoms. The second-order valence-corrected chi connectivity index (χ2v) is 4.97. The summed E-state index contributed by atoms with van der Waals surface area (Å²) in [7, 11) is 0. The molecule has 0 radical (unpaired) electrons. The molecule has 0 saturated heterocycles. The molecule has 2 aromatic rings. The molecule has 2 rings (SSSR count). The maximum Gasteiger partial charge on any atom is 0.227 e. The zero-order chi connectivity index (χ0) is 14.0. The number of aryl methyl sites for hydroxylation is 1. The van der Waals surface area contributed by atoms with Gasteiger partial charge in [-0.25, -0.2) is 4.98 Å². The van der Waals surface area contributed by atoms with Gasteiger partial charge < -0.3 is 10.5 Å². The Balaban J connectivity index is 2.39. The van der Waals surface area contributed by atoms with Crippen LogP contribution in [-0.4, -0.2) is 9.97 Å². The smallest absolute Gasteiger partial charge is 0.227 e. The van der Waals surface area contributed by atoms with Crippen molar-refractivity contribution < 1.29 is 4.74 Å². The van der Waals surface area contributed by atoms with E-state index in [4.69, 9.17) is 10.5 Å². The molecule has 0 unspecified atom stereocenters. The molecule has 1 heterocycles. The molecular weight excluding hydrogens is 238 g/mol. The van der Waals surface area contributed by atoms with Gasteiger partial charge in [0.2, 0.25) is 5.88 Å². The van der Waals surface area contributed by atoms with Gasteiger partial charge in [0.1, 0.15) is 17.4 Å². The molecule has 0 atom stereocenters. The number of hydrogen-bond donors (Lipinski definition) is 1. The average molecular weight is 257 g/mol. The SMILES string of the molecule is Cc1cccc(Oc2nc(C(C)C)nc(N)c2C)c1. The van der Waals surface area contributed by atoms with Crippen LogP contribution in [0, 0.1) is 13.8 Å². The van der Waals surface area contributed by atoms with Crippen molar-refractivity contribution in [2.24, 2.45) is 0 Å². The lowest BCUT2D eigenvalue weighted by atomic mass is 10.2. The predicted octanol–water partition coefficient (Wildman–Crippen LogP) is 3.59. The van der Waals surface area contributed by atoms with Crippen LogP contribution in [0.2, 0.25) is 0 Å². The first-order valence-electron chi connectivity index (χ1n) is 6.36. The molecule has 19 heavy (non-hydrogen) atoms. The fraction of sp³-hybridized carbons (Fsp3) is 0.333. The molecule has 0 aliphatic heterocycles. The average Bonchev–Trinajstić information content (AvgIpc) is 2.34. The minimum absolute atomic E-state index is 0.211. The molecule has 0 aliphatic carbocycles. The normalized spacial score (nSPS) is 10.8. The second-order valence-electron chi connectivity index (χ2n) is 4.97. The van der Waals surface area contributed by atoms with Crippen LogP contribution >= 0.6 is 0 Å². The maximum atomic E-state index is 5.91. The van der Waals surface area contributed by atoms with Gasteiger partial charge in [-0.1, -0.05) is 26.0 Å². The Morgan fingerprint density at radius 1 is 1.16 bits per heavy atom. The lowest BCUT2D eigenvalue weighted by Crippen LogP contribution is -2.06. The monoisotopic (exact) mass is 257 g/mol. The van der Waals surface area contributed by atoms with Gasteiger partial charge in [0.25, 0.3) is 0 Å². The highest BCUT2D eigenvalue weighted by molar-refractivity contribution is 5.46. The predicted molar refractivity (Wildman–Crippen MR) is 76.5 cm³/mol. The molecule has 4 nitrogen and oxygen atoms in total. The van der Waals surface area contributed by atoms with E-state index < -0.39 is 0 Å². The molecule has 2 N–H and O–H groups in total. The van der Waals surface area contributed by atoms with Crippen LogP contribution in [0.1, 0.15) is 36.7 Å². The number of hydrogen-bond acceptors (Lipinski definition) is 4. The van der Waals surface area contributed by atoms with Crippen LogP contribution in [0.25, 0.3) is 0 Å². The first-order valence-corrected chi connectivity index (χ1v) is 6.36. The van der Waals surface area contributed by atoms with E-state index >= 15 is 0 Å². The van der Waals surface area contributed by atoms with E-state index in [-0.39, 0.29) is 5.92 Å². The number of ether oxygens (including phenoxy) is 1. The largest absolute Gasteiger partial charge is 0.439 e. The summed E-state index contributed by atoms with van der Waals surface area (Å²) >= 11 is 0. The van der Waals surface area contributed by atoms with Gasteiger partial charge in [-0.2, -0.15) is 4.98 Å². The Morgan fingerprint density at radius 3 is 2.53 bits per heavy atom. The van der Waals surface area contributed by atoms with Crippen molar-refractivity contribution in [3.8, 4) is 11.6 Å². The number of benzene rings is 1. The van der Waals surface area contributed by atoms with Crippen molar-refractivity contribution in [1.82, 2.24) is 9.97 Å². The summed E-state index contributed by atoms with van der Waals surface area (Å²) < 4.78 is 5.83. The van der Waals surface area contributed by atoms with Gasteiger partial charge in [0.05, 0.1) is 5.56 Å². The molecular formula is C15H19N3O. The fourth-order valence-electron chi connectivity index (χ4n) is 1.68. The number of aromatic nitrogens is 2. The van der Waals surface area contributed by atoms with Crippen molar-refractivity contribution in [2.45, 2.75) is 33.6 Å². The van der Waals surface area contributed by atoms with Crippen LogP contribution in [0.4, 0.5) is 5.82 Å². The molecule has 0 aliphatic rings. The van der Waals surface area contributed by atoms with Gasteiger partial charge in [0.15, 0.2) is 0 Å². The van der Waals surface area contributed by atoms with E-state index in [1.165, 1.54) is 0 Å². The molecule has 0 saturated carbocycles. The molecule has 0 spiro atoms. The molecule has 0 bridgehead atoms. The van der Waals surface area contributed by atoms with Crippen molar-refractivity contribution >= 4 is 5.82 Å². The minimum Gasteiger partial charge on any atom is -0.439 e. The highest BCUT2D eigenvalue weighted by atomic mass is 16.5. The topological polar surface area (TPSA) is 61.0 Å². The number of rotatable bonds is 3. The number of anilines is 1. The van der Waals surface area contributed by atoms with Crippen molar-refractivity contribution in [3.05, 3.63) is 41.2 Å². The molecule has 1 aromatic carbocycles. The Labute approximate surface area is 113 Å². The summed E-state index contributed by atoms with van der Waals surface area (Å²) in [6, 6.07) is 7.84. The van der Waals surface area contributed by atoms with E-state index in [9.17, 15) is 0 Å². The lowest BCUT2D eigenvalue weighted by molar-refractivity contribution is 0.453. The van der Waals surface area contributed by atoms with Crippen LogP contribution in [0.5, 0.6) is 11.6 Å². The Bertz CT molecular complexity index is 594. The van der Waals surface area contributed by atoms with Crippen LogP contribution in [0.3, 0.4) is 0 Å². The first kappa shape index (κ1) is 13.3. The summed E-state index contributed by atoms with van der Waals surface area (Å²) in [5, 5.41) is 0. The van der Waals surface area contributed by atoms with E-state index in [1.807, 2.05) is 52.0 Å². The molecule has 100 valence electrons. The molecule has 0 fully saturated rings. The first-order chi connectivity index (χ1) is 8.97. The van der Waals surface area contributed by atoms with Crippen LogP contribution in [0.15, 0.2) is 24.3 Å². The molecule has 0 amide bonds.